The van der Waals surface area contributed by atoms with Crippen LogP contribution in [0.2, 0.25) is 5.02 Å². The fraction of sp³-hybridized carbons (Fsp3) is 0.639. The fourth-order valence-electron chi connectivity index (χ4n) is 9.19. The van der Waals surface area contributed by atoms with Crippen molar-refractivity contribution < 1.29 is 27.4 Å². The molecule has 10 heteroatoms. The molecule has 5 aliphatic rings. The minimum Gasteiger partial charge on any atom is -0.490 e. The van der Waals surface area contributed by atoms with Gasteiger partial charge >= 0.3 is 0 Å². The molecular weight excluding hydrogens is 624 g/mol. The number of rotatable bonds is 0. The summed E-state index contributed by atoms with van der Waals surface area (Å²) in [7, 11) is -3.90. The van der Waals surface area contributed by atoms with Gasteiger partial charge in [0.2, 0.25) is 10.0 Å². The lowest BCUT2D eigenvalue weighted by molar-refractivity contribution is -0.229. The Balaban J connectivity index is 1.34. The van der Waals surface area contributed by atoms with Crippen molar-refractivity contribution in [2.24, 2.45) is 17.3 Å². The maximum atomic E-state index is 13.5. The number of hydrogen-bond donors (Lipinski definition) is 1. The van der Waals surface area contributed by atoms with E-state index in [1.165, 1.54) is 11.1 Å². The number of nitrogens with zero attached hydrogens (tertiary/aromatic N) is 1. The van der Waals surface area contributed by atoms with Gasteiger partial charge < -0.3 is 19.1 Å². The van der Waals surface area contributed by atoms with E-state index in [2.05, 4.69) is 28.7 Å². The minimum absolute atomic E-state index is 0.0570. The zero-order chi connectivity index (χ0) is 32.3. The van der Waals surface area contributed by atoms with Crippen LogP contribution in [0.1, 0.15) is 87.2 Å². The van der Waals surface area contributed by atoms with E-state index in [9.17, 15) is 13.2 Å². The van der Waals surface area contributed by atoms with E-state index >= 15 is 0 Å². The van der Waals surface area contributed by atoms with Crippen LogP contribution < -0.4 is 14.4 Å². The quantitative estimate of drug-likeness (QED) is 0.353. The number of halogens is 1. The van der Waals surface area contributed by atoms with Crippen LogP contribution in [0.25, 0.3) is 0 Å². The molecule has 2 bridgehead atoms. The Labute approximate surface area is 278 Å². The Kier molecular flexibility index (Phi) is 8.39. The van der Waals surface area contributed by atoms with E-state index in [4.69, 9.17) is 25.8 Å². The van der Waals surface area contributed by atoms with Gasteiger partial charge in [-0.25, -0.2) is 13.1 Å². The summed E-state index contributed by atoms with van der Waals surface area (Å²) in [4.78, 5) is 16.0. The molecule has 250 valence electrons. The third kappa shape index (κ3) is 5.63. The highest BCUT2D eigenvalue weighted by Gasteiger charge is 2.57. The Morgan fingerprint density at radius 1 is 0.978 bits per heavy atom. The van der Waals surface area contributed by atoms with Gasteiger partial charge in [0.1, 0.15) is 5.75 Å². The monoisotopic (exact) mass is 670 g/mol. The van der Waals surface area contributed by atoms with Crippen LogP contribution in [-0.4, -0.2) is 64.7 Å². The van der Waals surface area contributed by atoms with Gasteiger partial charge in [0, 0.05) is 29.1 Å². The number of anilines is 1. The fourth-order valence-corrected chi connectivity index (χ4v) is 10.7. The SMILES string of the molecule is C[C@@H]1[C@@H](C)CCC[C@@]2(COCCO2)[C@@H]2CCC2(C)CN2C[C@@]3(CCCc4cc(Cl)ccc43)COc3ccc(cc32)C(=O)NS1(=O)=O. The first-order valence-electron chi connectivity index (χ1n) is 17.0. The highest BCUT2D eigenvalue weighted by Crippen LogP contribution is 2.57. The van der Waals surface area contributed by atoms with E-state index in [0.29, 0.717) is 37.7 Å². The van der Waals surface area contributed by atoms with Gasteiger partial charge in [-0.15, -0.1) is 0 Å². The molecule has 6 atom stereocenters. The average Bonchev–Trinajstić information content (AvgIpc) is 3.16. The summed E-state index contributed by atoms with van der Waals surface area (Å²) in [6.07, 6.45) is 7.50. The molecule has 2 aromatic rings. The lowest BCUT2D eigenvalue weighted by atomic mass is 9.53. The molecule has 46 heavy (non-hydrogen) atoms. The number of carbonyl (C=O) groups excluding carboxylic acids is 1. The number of benzene rings is 2. The summed E-state index contributed by atoms with van der Waals surface area (Å²) in [6, 6.07) is 11.6. The minimum atomic E-state index is -3.90. The van der Waals surface area contributed by atoms with E-state index < -0.39 is 26.8 Å². The van der Waals surface area contributed by atoms with Crippen LogP contribution in [0.3, 0.4) is 0 Å². The molecule has 0 aromatic heterocycles. The highest BCUT2D eigenvalue weighted by molar-refractivity contribution is 7.90. The number of aryl methyl sites for hydroxylation is 1. The molecular formula is C36H47ClN2O6S. The number of carbonyl (C=O) groups is 1. The molecule has 1 unspecified atom stereocenters. The number of hydrogen-bond acceptors (Lipinski definition) is 7. The van der Waals surface area contributed by atoms with Crippen LogP contribution in [0.5, 0.6) is 5.75 Å². The largest absolute Gasteiger partial charge is 0.490 e. The predicted molar refractivity (Wildman–Crippen MR) is 179 cm³/mol. The van der Waals surface area contributed by atoms with Crippen molar-refractivity contribution in [1.29, 1.82) is 0 Å². The molecule has 3 heterocycles. The van der Waals surface area contributed by atoms with Gasteiger partial charge in [0.15, 0.2) is 0 Å². The van der Waals surface area contributed by atoms with Crippen molar-refractivity contribution in [1.82, 2.24) is 4.72 Å². The second kappa shape index (κ2) is 12.0. The molecule has 2 aromatic carbocycles. The van der Waals surface area contributed by atoms with Crippen LogP contribution in [0, 0.1) is 17.3 Å². The summed E-state index contributed by atoms with van der Waals surface area (Å²) in [5.74, 6) is 0.266. The Morgan fingerprint density at radius 3 is 2.59 bits per heavy atom. The van der Waals surface area contributed by atoms with Crippen molar-refractivity contribution in [3.8, 4) is 5.75 Å². The highest BCUT2D eigenvalue weighted by atomic mass is 35.5. The molecule has 1 N–H and O–H groups in total. The first kappa shape index (κ1) is 32.2. The molecule has 1 saturated carbocycles. The number of fused-ring (bicyclic) bond motifs is 5. The van der Waals surface area contributed by atoms with Crippen LogP contribution in [0.4, 0.5) is 5.69 Å². The van der Waals surface area contributed by atoms with Crippen molar-refractivity contribution in [2.75, 3.05) is 44.4 Å². The molecule has 2 aliphatic carbocycles. The summed E-state index contributed by atoms with van der Waals surface area (Å²) >= 11 is 6.46. The first-order valence-corrected chi connectivity index (χ1v) is 18.9. The van der Waals surface area contributed by atoms with Gasteiger partial charge in [0.05, 0.1) is 43.0 Å². The Morgan fingerprint density at radius 2 is 1.83 bits per heavy atom. The normalized spacial score (nSPS) is 36.0. The van der Waals surface area contributed by atoms with Gasteiger partial charge in [-0.05, 0) is 111 Å². The van der Waals surface area contributed by atoms with Crippen molar-refractivity contribution in [2.45, 2.75) is 88.4 Å². The van der Waals surface area contributed by atoms with Gasteiger partial charge in [0.25, 0.3) is 5.91 Å². The summed E-state index contributed by atoms with van der Waals surface area (Å²) < 4.78 is 48.7. The van der Waals surface area contributed by atoms with Crippen molar-refractivity contribution in [3.63, 3.8) is 0 Å². The van der Waals surface area contributed by atoms with E-state index in [-0.39, 0.29) is 22.7 Å². The van der Waals surface area contributed by atoms with E-state index in [1.54, 1.807) is 13.0 Å². The molecule has 3 aliphatic heterocycles. The summed E-state index contributed by atoms with van der Waals surface area (Å²) in [5, 5.41) is 0.0240. The lowest BCUT2D eigenvalue weighted by Gasteiger charge is -2.59. The number of nitrogens with one attached hydrogen (secondary N) is 1. The third-order valence-corrected chi connectivity index (χ3v) is 14.2. The molecule has 7 rings (SSSR count). The van der Waals surface area contributed by atoms with Gasteiger partial charge in [-0.2, -0.15) is 0 Å². The zero-order valence-electron chi connectivity index (χ0n) is 27.3. The second-order valence-corrected chi connectivity index (χ2v) is 17.5. The van der Waals surface area contributed by atoms with Crippen LogP contribution >= 0.6 is 11.6 Å². The topological polar surface area (TPSA) is 94.2 Å². The number of ether oxygens (including phenoxy) is 3. The lowest BCUT2D eigenvalue weighted by Crippen LogP contribution is -2.62. The first-order chi connectivity index (χ1) is 21.9. The molecule has 1 amide bonds. The van der Waals surface area contributed by atoms with Gasteiger partial charge in [-0.1, -0.05) is 37.9 Å². The van der Waals surface area contributed by atoms with Crippen LogP contribution in [0.15, 0.2) is 36.4 Å². The number of amides is 1. The average molecular weight is 671 g/mol. The zero-order valence-corrected chi connectivity index (χ0v) is 28.9. The van der Waals surface area contributed by atoms with Crippen molar-refractivity contribution in [3.05, 3.63) is 58.1 Å². The second-order valence-electron chi connectivity index (χ2n) is 15.0. The molecule has 1 saturated heterocycles. The smallest absolute Gasteiger partial charge is 0.264 e. The Hall–Kier alpha value is -2.33. The van der Waals surface area contributed by atoms with Crippen molar-refractivity contribution >= 4 is 33.2 Å². The van der Waals surface area contributed by atoms with E-state index in [1.807, 2.05) is 25.1 Å². The van der Waals surface area contributed by atoms with Crippen LogP contribution in [-0.2, 0) is 31.3 Å². The van der Waals surface area contributed by atoms with E-state index in [0.717, 1.165) is 75.2 Å². The molecule has 2 fully saturated rings. The third-order valence-electron chi connectivity index (χ3n) is 12.1. The number of sulfonamides is 1. The molecule has 2 spiro atoms. The predicted octanol–water partition coefficient (Wildman–Crippen LogP) is 6.28. The maximum absolute atomic E-state index is 13.5. The standard InChI is InChI=1S/C36H47ClN2O6S/c1-24-6-4-14-36(23-43-16-17-45-36)32-12-15-34(32,3)20-39-21-35(13-5-7-26-18-28(37)9-10-29(26)35)22-44-31-11-8-27(19-30(31)39)33(40)38-46(41,42)25(24)2/h8-11,18-19,24-25,32H,4-7,12-17,20-23H2,1-3H3,(H,38,40)/t24-,25+,32+,34?,35-,36+/m0/s1. The molecule has 0 radical (unpaired) electrons. The summed E-state index contributed by atoms with van der Waals surface area (Å²) in [6.45, 7) is 9.79. The maximum Gasteiger partial charge on any atom is 0.264 e. The summed E-state index contributed by atoms with van der Waals surface area (Å²) in [5.41, 5.74) is 2.98. The Bertz CT molecular complexity index is 1610. The molecule has 8 nitrogen and oxygen atoms in total. The van der Waals surface area contributed by atoms with Gasteiger partial charge in [-0.3, -0.25) is 4.79 Å².